The van der Waals surface area contributed by atoms with Gasteiger partial charge in [-0.15, -0.1) is 10.2 Å². The lowest BCUT2D eigenvalue weighted by molar-refractivity contribution is 0.0697. The number of rotatable bonds is 7. The highest BCUT2D eigenvalue weighted by molar-refractivity contribution is 7.86. The van der Waals surface area contributed by atoms with E-state index in [1.165, 1.54) is 12.1 Å². The number of nitrogens with zero attached hydrogens (tertiary/aromatic N) is 3. The molecule has 14 nitrogen and oxygen atoms in total. The Balaban J connectivity index is 2.11. The molecule has 0 amide bonds. The van der Waals surface area contributed by atoms with E-state index in [0.29, 0.717) is 5.56 Å². The molecule has 0 saturated carbocycles. The maximum absolute atomic E-state index is 11.5. The van der Waals surface area contributed by atoms with Gasteiger partial charge in [-0.3, -0.25) is 14.5 Å². The maximum atomic E-state index is 11.5. The highest BCUT2D eigenvalue weighted by atomic mass is 32.2. The summed E-state index contributed by atoms with van der Waals surface area (Å²) in [6, 6.07) is 12.2. The van der Waals surface area contributed by atoms with Crippen LogP contribution in [0.15, 0.2) is 85.8 Å². The minimum atomic E-state index is -4.68. The molecule has 188 valence electrons. The number of phenols is 1. The molecule has 0 spiro atoms. The van der Waals surface area contributed by atoms with E-state index >= 15 is 0 Å². The molecule has 36 heavy (non-hydrogen) atoms. The number of hydrazone groups is 1. The number of carboxylic acid groups (broad SMARTS) is 1. The molecule has 0 heterocycles. The van der Waals surface area contributed by atoms with Crippen LogP contribution < -0.4 is 11.2 Å². The zero-order valence-corrected chi connectivity index (χ0v) is 19.5. The van der Waals surface area contributed by atoms with Crippen LogP contribution in [0.3, 0.4) is 0 Å². The Morgan fingerprint density at radius 1 is 0.889 bits per heavy atom. The molecule has 3 rings (SSSR count). The number of nitrogens with two attached hydrogens (primary N) is 1. The van der Waals surface area contributed by atoms with E-state index in [1.54, 1.807) is 18.2 Å². The van der Waals surface area contributed by atoms with Crippen LogP contribution in [0.1, 0.15) is 15.9 Å². The SMILES string of the molecule is Nc1cc(S(=O)(=O)O)cc(N/N=C(\N=Nc2cc(S(=O)(=O)O)ccc2C(=O)O)c2ccccc2)c1O. The van der Waals surface area contributed by atoms with E-state index < -0.39 is 53.0 Å². The summed E-state index contributed by atoms with van der Waals surface area (Å²) < 4.78 is 64.4. The summed E-state index contributed by atoms with van der Waals surface area (Å²) in [6.45, 7) is 0. The number of anilines is 2. The van der Waals surface area contributed by atoms with Crippen molar-refractivity contribution in [1.82, 2.24) is 0 Å². The van der Waals surface area contributed by atoms with Crippen molar-refractivity contribution in [2.24, 2.45) is 15.3 Å². The normalized spacial score (nSPS) is 12.6. The first-order valence-corrected chi connectivity index (χ1v) is 12.4. The highest BCUT2D eigenvalue weighted by Gasteiger charge is 2.18. The third-order valence-corrected chi connectivity index (χ3v) is 6.16. The molecule has 3 aromatic carbocycles. The topological polar surface area (TPSA) is 241 Å². The van der Waals surface area contributed by atoms with Gasteiger partial charge in [0.25, 0.3) is 20.2 Å². The predicted octanol–water partition coefficient (Wildman–Crippen LogP) is 2.72. The number of benzene rings is 3. The van der Waals surface area contributed by atoms with Gasteiger partial charge in [-0.2, -0.15) is 21.9 Å². The first kappa shape index (κ1) is 26.2. The molecule has 0 aliphatic rings. The Kier molecular flexibility index (Phi) is 7.35. The van der Waals surface area contributed by atoms with E-state index in [2.05, 4.69) is 20.8 Å². The molecular formula is C20H17N5O9S2. The summed E-state index contributed by atoms with van der Waals surface area (Å²) in [5, 5.41) is 31.1. The Hall–Kier alpha value is -4.38. The van der Waals surface area contributed by atoms with Crippen molar-refractivity contribution in [2.45, 2.75) is 9.79 Å². The zero-order valence-electron chi connectivity index (χ0n) is 17.8. The average molecular weight is 536 g/mol. The van der Waals surface area contributed by atoms with E-state index in [1.807, 2.05) is 0 Å². The Bertz CT molecular complexity index is 1600. The maximum Gasteiger partial charge on any atom is 0.337 e. The summed E-state index contributed by atoms with van der Waals surface area (Å²) in [5.74, 6) is -2.27. The van der Waals surface area contributed by atoms with Gasteiger partial charge >= 0.3 is 5.97 Å². The van der Waals surface area contributed by atoms with Crippen LogP contribution in [0.25, 0.3) is 0 Å². The van der Waals surface area contributed by atoms with Crippen LogP contribution in [0.2, 0.25) is 0 Å². The van der Waals surface area contributed by atoms with Crippen molar-refractivity contribution in [1.29, 1.82) is 0 Å². The van der Waals surface area contributed by atoms with E-state index in [4.69, 9.17) is 5.73 Å². The van der Waals surface area contributed by atoms with Crippen LogP contribution in [-0.4, -0.2) is 48.0 Å². The summed E-state index contributed by atoms with van der Waals surface area (Å²) >= 11 is 0. The molecular weight excluding hydrogens is 518 g/mol. The molecule has 16 heteroatoms. The molecule has 0 unspecified atom stereocenters. The van der Waals surface area contributed by atoms with Gasteiger partial charge in [0, 0.05) is 5.56 Å². The molecule has 0 atom stereocenters. The van der Waals surface area contributed by atoms with Crippen LogP contribution in [0.4, 0.5) is 17.1 Å². The second-order valence-electron chi connectivity index (χ2n) is 6.96. The molecule has 0 fully saturated rings. The molecule has 0 radical (unpaired) electrons. The standard InChI is InChI=1S/C20H17N5O9S2/c21-15-8-13(36(32,33)34)10-17(18(15)26)23-25-19(11-4-2-1-3-5-11)24-22-16-9-12(35(29,30)31)6-7-14(16)20(27)28/h1-10,23,26H,21H2,(H,27,28)(H,29,30,31)(H,32,33,34)/b24-22?,25-19-. The van der Waals surface area contributed by atoms with Crippen LogP contribution in [-0.2, 0) is 20.2 Å². The van der Waals surface area contributed by atoms with Gasteiger partial charge in [0.15, 0.2) is 5.75 Å². The Morgan fingerprint density at radius 2 is 1.53 bits per heavy atom. The Morgan fingerprint density at radius 3 is 2.11 bits per heavy atom. The van der Waals surface area contributed by atoms with Crippen LogP contribution in [0, 0.1) is 0 Å². The van der Waals surface area contributed by atoms with Gasteiger partial charge in [0.2, 0.25) is 5.84 Å². The number of phenolic OH excluding ortho intramolecular Hbond substituents is 1. The molecule has 7 N–H and O–H groups in total. The lowest BCUT2D eigenvalue weighted by atomic mass is 10.2. The second-order valence-corrected chi connectivity index (χ2v) is 9.80. The van der Waals surface area contributed by atoms with Gasteiger partial charge in [-0.05, 0) is 30.3 Å². The van der Waals surface area contributed by atoms with Gasteiger partial charge in [0.05, 0.1) is 21.0 Å². The fraction of sp³-hybridized carbons (Fsp3) is 0. The van der Waals surface area contributed by atoms with Gasteiger partial charge in [0.1, 0.15) is 11.4 Å². The van der Waals surface area contributed by atoms with Crippen molar-refractivity contribution in [3.63, 3.8) is 0 Å². The number of nitrogens with one attached hydrogen (secondary N) is 1. The van der Waals surface area contributed by atoms with Crippen molar-refractivity contribution in [2.75, 3.05) is 11.2 Å². The summed E-state index contributed by atoms with van der Waals surface area (Å²) in [5.41, 5.74) is 6.67. The van der Waals surface area contributed by atoms with E-state index in [9.17, 15) is 40.9 Å². The van der Waals surface area contributed by atoms with Gasteiger partial charge in [-0.1, -0.05) is 30.3 Å². The van der Waals surface area contributed by atoms with Crippen LogP contribution >= 0.6 is 0 Å². The van der Waals surface area contributed by atoms with Crippen molar-refractivity contribution >= 4 is 49.1 Å². The van der Waals surface area contributed by atoms with Crippen molar-refractivity contribution in [3.05, 3.63) is 71.8 Å². The molecule has 0 aliphatic heterocycles. The molecule has 0 aliphatic carbocycles. The lowest BCUT2D eigenvalue weighted by Crippen LogP contribution is -2.05. The van der Waals surface area contributed by atoms with Crippen LogP contribution in [0.5, 0.6) is 5.75 Å². The zero-order chi connectivity index (χ0) is 26.7. The van der Waals surface area contributed by atoms with Gasteiger partial charge < -0.3 is 15.9 Å². The van der Waals surface area contributed by atoms with Crippen molar-refractivity contribution in [3.8, 4) is 5.75 Å². The number of azo groups is 1. The first-order chi connectivity index (χ1) is 16.8. The number of hydrogen-bond donors (Lipinski definition) is 6. The number of hydrogen-bond acceptors (Lipinski definition) is 10. The lowest BCUT2D eigenvalue weighted by Gasteiger charge is -2.09. The summed E-state index contributed by atoms with van der Waals surface area (Å²) in [7, 11) is -9.35. The third-order valence-electron chi connectivity index (χ3n) is 4.47. The second kappa shape index (κ2) is 10.1. The number of aromatic carboxylic acids is 1. The van der Waals surface area contributed by atoms with Crippen molar-refractivity contribution < 1.29 is 40.9 Å². The summed E-state index contributed by atoms with van der Waals surface area (Å²) in [6.07, 6.45) is 0. The minimum Gasteiger partial charge on any atom is -0.504 e. The smallest absolute Gasteiger partial charge is 0.337 e. The molecule has 0 saturated heterocycles. The number of aromatic hydroxyl groups is 1. The number of amidine groups is 1. The monoisotopic (exact) mass is 535 g/mol. The summed E-state index contributed by atoms with van der Waals surface area (Å²) in [4.78, 5) is 10.3. The fourth-order valence-electron chi connectivity index (χ4n) is 2.75. The van der Waals surface area contributed by atoms with E-state index in [-0.39, 0.29) is 17.2 Å². The Labute approximate surface area is 203 Å². The first-order valence-electron chi connectivity index (χ1n) is 9.53. The molecule has 0 bridgehead atoms. The predicted molar refractivity (Wildman–Crippen MR) is 127 cm³/mol. The van der Waals surface area contributed by atoms with E-state index in [0.717, 1.165) is 30.3 Å². The highest BCUT2D eigenvalue weighted by Crippen LogP contribution is 2.33. The quantitative estimate of drug-likeness (QED) is 0.0488. The average Bonchev–Trinajstić information content (AvgIpc) is 2.80. The number of nitrogen functional groups attached to an aromatic ring is 1. The minimum absolute atomic E-state index is 0.223. The largest absolute Gasteiger partial charge is 0.504 e. The molecule has 0 aromatic heterocycles. The van der Waals surface area contributed by atoms with Gasteiger partial charge in [-0.25, -0.2) is 4.79 Å². The third kappa shape index (κ3) is 6.19. The number of carboxylic acids is 1. The number of carbonyl (C=O) groups is 1. The molecule has 3 aromatic rings. The fourth-order valence-corrected chi connectivity index (χ4v) is 3.79.